The van der Waals surface area contributed by atoms with Crippen molar-refractivity contribution in [2.45, 2.75) is 70.1 Å². The van der Waals surface area contributed by atoms with Gasteiger partial charge in [-0.3, -0.25) is 4.98 Å². The van der Waals surface area contributed by atoms with Crippen LogP contribution in [0.2, 0.25) is 0 Å². The molecule has 3 aromatic heterocycles. The Bertz CT molecular complexity index is 1280. The number of aryl methyl sites for hydroxylation is 2. The molecule has 0 spiro atoms. The van der Waals surface area contributed by atoms with Gasteiger partial charge in [-0.25, -0.2) is 9.97 Å². The van der Waals surface area contributed by atoms with Crippen LogP contribution < -0.4 is 10.6 Å². The zero-order valence-corrected chi connectivity index (χ0v) is 22.4. The summed E-state index contributed by atoms with van der Waals surface area (Å²) in [6, 6.07) is 1.28. The van der Waals surface area contributed by atoms with Gasteiger partial charge < -0.3 is 35.4 Å². The van der Waals surface area contributed by atoms with E-state index < -0.39 is 29.8 Å². The summed E-state index contributed by atoms with van der Waals surface area (Å²) in [6.07, 6.45) is -0.158. The Balaban J connectivity index is 1.55. The van der Waals surface area contributed by atoms with E-state index in [2.05, 4.69) is 15.6 Å². The Morgan fingerprint density at radius 3 is 2.51 bits per heavy atom. The summed E-state index contributed by atoms with van der Waals surface area (Å²) in [6.45, 7) is 8.06. The van der Waals surface area contributed by atoms with E-state index in [0.717, 1.165) is 20.9 Å². The highest BCUT2D eigenvalue weighted by molar-refractivity contribution is 7.21. The average molecular weight is 531 g/mol. The van der Waals surface area contributed by atoms with E-state index in [1.165, 1.54) is 11.3 Å². The Labute approximate surface area is 219 Å². The minimum absolute atomic E-state index is 0.113. The van der Waals surface area contributed by atoms with Crippen molar-refractivity contribution in [2.24, 2.45) is 5.92 Å². The lowest BCUT2D eigenvalue weighted by Crippen LogP contribution is -2.40. The maximum atomic E-state index is 10.9. The van der Waals surface area contributed by atoms with Crippen LogP contribution in [-0.4, -0.2) is 91.6 Å². The number of nitrogens with zero attached hydrogens (tertiary/aromatic N) is 4. The van der Waals surface area contributed by atoms with Crippen molar-refractivity contribution in [3.05, 3.63) is 23.7 Å². The van der Waals surface area contributed by atoms with Crippen LogP contribution in [0.3, 0.4) is 0 Å². The summed E-state index contributed by atoms with van der Waals surface area (Å²) in [5.41, 5.74) is 1.92. The number of aromatic nitrogens is 4. The number of ether oxygens (including phenoxy) is 2. The van der Waals surface area contributed by atoms with Crippen molar-refractivity contribution in [3.8, 4) is 10.6 Å². The van der Waals surface area contributed by atoms with E-state index >= 15 is 0 Å². The number of rotatable bonds is 7. The van der Waals surface area contributed by atoms with E-state index in [1.807, 2.05) is 19.9 Å². The SMILES string of the molecule is CO[C@H]1COC[C@@H]1Nc1nc(C)c(-c2nc3c(C)nccc3s2)c(N[C@@H]2C[C@H](C(C)(C)O)[C@@H](O)[C@H]2O)n1. The van der Waals surface area contributed by atoms with Crippen LogP contribution in [0.1, 0.15) is 31.7 Å². The molecule has 0 aromatic carbocycles. The van der Waals surface area contributed by atoms with Crippen molar-refractivity contribution < 1.29 is 24.8 Å². The molecular weight excluding hydrogens is 496 g/mol. The van der Waals surface area contributed by atoms with Crippen LogP contribution in [0.5, 0.6) is 0 Å². The number of pyridine rings is 1. The highest BCUT2D eigenvalue weighted by Gasteiger charge is 2.48. The molecular formula is C25H34N6O5S. The molecule has 5 rings (SSSR count). The van der Waals surface area contributed by atoms with Crippen molar-refractivity contribution in [3.63, 3.8) is 0 Å². The van der Waals surface area contributed by atoms with Gasteiger partial charge in [0.2, 0.25) is 5.95 Å². The first-order valence-corrected chi connectivity index (χ1v) is 13.2. The maximum Gasteiger partial charge on any atom is 0.225 e. The van der Waals surface area contributed by atoms with E-state index in [4.69, 9.17) is 24.4 Å². The highest BCUT2D eigenvalue weighted by Crippen LogP contribution is 2.40. The van der Waals surface area contributed by atoms with E-state index in [9.17, 15) is 15.3 Å². The van der Waals surface area contributed by atoms with Crippen LogP contribution in [-0.2, 0) is 9.47 Å². The van der Waals surface area contributed by atoms with Gasteiger partial charge in [-0.1, -0.05) is 0 Å². The monoisotopic (exact) mass is 530 g/mol. The lowest BCUT2D eigenvalue weighted by Gasteiger charge is -2.28. The summed E-state index contributed by atoms with van der Waals surface area (Å²) >= 11 is 1.52. The molecule has 12 heteroatoms. The zero-order chi connectivity index (χ0) is 26.5. The summed E-state index contributed by atoms with van der Waals surface area (Å²) in [7, 11) is 1.64. The second-order valence-electron chi connectivity index (χ2n) is 10.4. The fraction of sp³-hybridized carbons (Fsp3) is 0.600. The quantitative estimate of drug-likeness (QED) is 0.304. The van der Waals surface area contributed by atoms with Crippen molar-refractivity contribution >= 4 is 33.3 Å². The van der Waals surface area contributed by atoms with Gasteiger partial charge in [0, 0.05) is 19.2 Å². The van der Waals surface area contributed by atoms with E-state index in [0.29, 0.717) is 42.7 Å². The normalized spacial score (nSPS) is 28.2. The number of anilines is 2. The van der Waals surface area contributed by atoms with E-state index in [1.54, 1.807) is 27.2 Å². The zero-order valence-electron chi connectivity index (χ0n) is 21.6. The first-order chi connectivity index (χ1) is 17.6. The Kier molecular flexibility index (Phi) is 7.07. The number of nitrogens with one attached hydrogen (secondary N) is 2. The predicted octanol–water partition coefficient (Wildman–Crippen LogP) is 1.88. The molecule has 6 atom stereocenters. The standard InChI is InChI=1S/C25H34N6O5S/c1-11-18(23-30-19-12(2)26-7-6-17(19)37-23)22(28-14-8-13(25(3,4)34)20(32)21(14)33)31-24(27-11)29-15-9-36-10-16(15)35-5/h6-7,13-16,20-21,32-34H,8-10H2,1-5H3,(H2,27,28,29,31)/t13-,14+,15-,16-,20+,21-/m0/s1. The summed E-state index contributed by atoms with van der Waals surface area (Å²) in [5.74, 6) is 0.380. The minimum atomic E-state index is -1.15. The average Bonchev–Trinajstić information content (AvgIpc) is 3.53. The number of aliphatic hydroxyl groups excluding tert-OH is 2. The maximum absolute atomic E-state index is 10.9. The van der Waals surface area contributed by atoms with Crippen LogP contribution in [0, 0.1) is 19.8 Å². The highest BCUT2D eigenvalue weighted by atomic mass is 32.1. The smallest absolute Gasteiger partial charge is 0.225 e. The lowest BCUT2D eigenvalue weighted by atomic mass is 9.88. The molecule has 2 aliphatic rings. The van der Waals surface area contributed by atoms with Crippen molar-refractivity contribution in [1.82, 2.24) is 19.9 Å². The van der Waals surface area contributed by atoms with Crippen LogP contribution in [0.25, 0.3) is 20.8 Å². The summed E-state index contributed by atoms with van der Waals surface area (Å²) < 4.78 is 12.1. The number of hydrogen-bond acceptors (Lipinski definition) is 12. The lowest BCUT2D eigenvalue weighted by molar-refractivity contribution is -0.0601. The molecule has 4 heterocycles. The molecule has 200 valence electrons. The molecule has 37 heavy (non-hydrogen) atoms. The molecule has 1 saturated heterocycles. The second-order valence-corrected chi connectivity index (χ2v) is 11.4. The number of hydrogen-bond donors (Lipinski definition) is 5. The fourth-order valence-corrected chi connectivity index (χ4v) is 6.32. The topological polar surface area (TPSA) is 155 Å². The van der Waals surface area contributed by atoms with E-state index in [-0.39, 0.29) is 12.1 Å². The van der Waals surface area contributed by atoms with Crippen LogP contribution in [0.15, 0.2) is 12.3 Å². The molecule has 0 amide bonds. The number of thiazole rings is 1. The molecule has 2 fully saturated rings. The van der Waals surface area contributed by atoms with Gasteiger partial charge in [0.05, 0.1) is 58.7 Å². The molecule has 5 N–H and O–H groups in total. The molecule has 11 nitrogen and oxygen atoms in total. The summed E-state index contributed by atoms with van der Waals surface area (Å²) in [5, 5.41) is 39.5. The first kappa shape index (κ1) is 26.1. The molecule has 0 bridgehead atoms. The molecule has 3 aromatic rings. The molecule has 1 aliphatic heterocycles. The minimum Gasteiger partial charge on any atom is -0.390 e. The second kappa shape index (κ2) is 10.0. The molecule has 1 saturated carbocycles. The van der Waals surface area contributed by atoms with Gasteiger partial charge in [0.15, 0.2) is 0 Å². The number of aliphatic hydroxyl groups is 3. The third kappa shape index (κ3) is 5.01. The van der Waals surface area contributed by atoms with Gasteiger partial charge >= 0.3 is 0 Å². The number of methoxy groups -OCH3 is 1. The first-order valence-electron chi connectivity index (χ1n) is 12.4. The fourth-order valence-electron chi connectivity index (χ4n) is 5.21. The molecule has 0 radical (unpaired) electrons. The molecule has 1 aliphatic carbocycles. The van der Waals surface area contributed by atoms with Gasteiger partial charge in [-0.05, 0) is 40.2 Å². The molecule has 0 unspecified atom stereocenters. The predicted molar refractivity (Wildman–Crippen MR) is 141 cm³/mol. The Hall–Kier alpha value is -2.48. The summed E-state index contributed by atoms with van der Waals surface area (Å²) in [4.78, 5) is 18.7. The largest absolute Gasteiger partial charge is 0.390 e. The number of fused-ring (bicyclic) bond motifs is 1. The van der Waals surface area contributed by atoms with Crippen LogP contribution >= 0.6 is 11.3 Å². The van der Waals surface area contributed by atoms with Gasteiger partial charge in [-0.15, -0.1) is 11.3 Å². The van der Waals surface area contributed by atoms with Gasteiger partial charge in [-0.2, -0.15) is 4.98 Å². The Morgan fingerprint density at radius 1 is 1.05 bits per heavy atom. The Morgan fingerprint density at radius 2 is 1.84 bits per heavy atom. The third-order valence-electron chi connectivity index (χ3n) is 7.35. The van der Waals surface area contributed by atoms with Crippen molar-refractivity contribution in [2.75, 3.05) is 31.0 Å². The van der Waals surface area contributed by atoms with Gasteiger partial charge in [0.25, 0.3) is 0 Å². The van der Waals surface area contributed by atoms with Crippen molar-refractivity contribution in [1.29, 1.82) is 0 Å². The van der Waals surface area contributed by atoms with Gasteiger partial charge in [0.1, 0.15) is 28.6 Å². The third-order valence-corrected chi connectivity index (χ3v) is 8.39. The van der Waals surface area contributed by atoms with Crippen LogP contribution in [0.4, 0.5) is 11.8 Å².